The lowest BCUT2D eigenvalue weighted by Gasteiger charge is -2.12. The van der Waals surface area contributed by atoms with Gasteiger partial charge < -0.3 is 5.32 Å². The topological polar surface area (TPSA) is 91.8 Å². The Morgan fingerprint density at radius 2 is 2.37 bits per heavy atom. The number of nitro benzene ring substituents is 1. The van der Waals surface area contributed by atoms with Crippen LogP contribution in [0.5, 0.6) is 0 Å². The van der Waals surface area contributed by atoms with Crippen LogP contribution in [0.25, 0.3) is 0 Å². The molecule has 0 saturated heterocycles. The zero-order valence-corrected chi connectivity index (χ0v) is 10.8. The molecule has 1 aromatic heterocycles. The van der Waals surface area contributed by atoms with Crippen molar-refractivity contribution >= 4 is 22.7 Å². The second kappa shape index (κ2) is 5.46. The molecule has 1 atom stereocenters. The van der Waals surface area contributed by atoms with E-state index in [0.717, 1.165) is 5.01 Å². The van der Waals surface area contributed by atoms with Gasteiger partial charge >= 0.3 is 0 Å². The fraction of sp³-hybridized carbons (Fsp3) is 0.167. The van der Waals surface area contributed by atoms with Crippen LogP contribution in [0.3, 0.4) is 0 Å². The van der Waals surface area contributed by atoms with Crippen LogP contribution in [-0.4, -0.2) is 9.91 Å². The molecule has 0 aliphatic rings. The smallest absolute Gasteiger partial charge is 0.289 e. The molecule has 0 amide bonds. The summed E-state index contributed by atoms with van der Waals surface area (Å²) in [6.45, 7) is 1.92. The Morgan fingerprint density at radius 1 is 1.58 bits per heavy atom. The molecule has 2 aromatic rings. The van der Waals surface area contributed by atoms with E-state index in [1.165, 1.54) is 23.5 Å². The van der Waals surface area contributed by atoms with E-state index in [1.54, 1.807) is 18.3 Å². The van der Waals surface area contributed by atoms with Crippen LogP contribution in [0.2, 0.25) is 0 Å². The van der Waals surface area contributed by atoms with Gasteiger partial charge in [-0.15, -0.1) is 11.3 Å². The summed E-state index contributed by atoms with van der Waals surface area (Å²) in [5.74, 6) is 0. The van der Waals surface area contributed by atoms with E-state index in [1.807, 2.05) is 12.3 Å². The molecule has 1 heterocycles. The van der Waals surface area contributed by atoms with Crippen LogP contribution in [0.15, 0.2) is 29.8 Å². The molecule has 96 valence electrons. The quantitative estimate of drug-likeness (QED) is 0.683. The number of anilines is 1. The molecule has 0 fully saturated rings. The van der Waals surface area contributed by atoms with E-state index >= 15 is 0 Å². The van der Waals surface area contributed by atoms with E-state index in [2.05, 4.69) is 10.3 Å². The normalized spacial score (nSPS) is 11.6. The van der Waals surface area contributed by atoms with Gasteiger partial charge in [0.2, 0.25) is 0 Å². The van der Waals surface area contributed by atoms with Crippen LogP contribution in [0.1, 0.15) is 23.5 Å². The van der Waals surface area contributed by atoms with Crippen molar-refractivity contribution in [3.05, 3.63) is 50.5 Å². The van der Waals surface area contributed by atoms with Crippen molar-refractivity contribution < 1.29 is 4.92 Å². The molecule has 7 heteroatoms. The maximum atomic E-state index is 10.9. The van der Waals surface area contributed by atoms with Crippen LogP contribution < -0.4 is 5.32 Å². The average Bonchev–Trinajstić information content (AvgIpc) is 2.92. The molecule has 1 aromatic carbocycles. The molecule has 6 nitrogen and oxygen atoms in total. The Labute approximate surface area is 113 Å². The molecule has 2 rings (SSSR count). The predicted molar refractivity (Wildman–Crippen MR) is 72.0 cm³/mol. The number of nitrogens with zero attached hydrogens (tertiary/aromatic N) is 3. The van der Waals surface area contributed by atoms with Gasteiger partial charge in [0.1, 0.15) is 16.6 Å². The van der Waals surface area contributed by atoms with Gasteiger partial charge in [-0.05, 0) is 19.1 Å². The minimum Gasteiger partial charge on any atom is -0.376 e. The van der Waals surface area contributed by atoms with Gasteiger partial charge in [0, 0.05) is 23.3 Å². The molecule has 0 radical (unpaired) electrons. The van der Waals surface area contributed by atoms with E-state index in [-0.39, 0.29) is 17.3 Å². The number of aromatic nitrogens is 1. The Balaban J connectivity index is 2.25. The number of nitro groups is 1. The summed E-state index contributed by atoms with van der Waals surface area (Å²) in [7, 11) is 0. The lowest BCUT2D eigenvalue weighted by molar-refractivity contribution is -0.385. The van der Waals surface area contributed by atoms with Crippen molar-refractivity contribution in [3.8, 4) is 6.07 Å². The monoisotopic (exact) mass is 274 g/mol. The lowest BCUT2D eigenvalue weighted by Crippen LogP contribution is -2.06. The molecule has 0 spiro atoms. The average molecular weight is 274 g/mol. The second-order valence-electron chi connectivity index (χ2n) is 3.84. The molecule has 0 bridgehead atoms. The van der Waals surface area contributed by atoms with Crippen molar-refractivity contribution in [3.63, 3.8) is 0 Å². The number of nitriles is 1. The summed E-state index contributed by atoms with van der Waals surface area (Å²) in [4.78, 5) is 14.5. The number of nitrogens with one attached hydrogen (secondary N) is 1. The van der Waals surface area contributed by atoms with E-state index < -0.39 is 4.92 Å². The highest BCUT2D eigenvalue weighted by Gasteiger charge is 2.15. The summed E-state index contributed by atoms with van der Waals surface area (Å²) in [6.07, 6.45) is 1.71. The van der Waals surface area contributed by atoms with Gasteiger partial charge in [0.05, 0.1) is 11.0 Å². The van der Waals surface area contributed by atoms with Gasteiger partial charge in [0.15, 0.2) is 0 Å². The van der Waals surface area contributed by atoms with Gasteiger partial charge in [-0.25, -0.2) is 4.98 Å². The zero-order chi connectivity index (χ0) is 13.8. The summed E-state index contributed by atoms with van der Waals surface area (Å²) in [5.41, 5.74) is 0.449. The molecular formula is C12H10N4O2S. The van der Waals surface area contributed by atoms with Crippen LogP contribution in [-0.2, 0) is 0 Å². The molecule has 1 unspecified atom stereocenters. The maximum Gasteiger partial charge on any atom is 0.289 e. The minimum atomic E-state index is -0.558. The van der Waals surface area contributed by atoms with E-state index in [9.17, 15) is 10.1 Å². The van der Waals surface area contributed by atoms with Gasteiger partial charge in [-0.3, -0.25) is 10.1 Å². The third kappa shape index (κ3) is 2.86. The third-order valence-electron chi connectivity index (χ3n) is 2.52. The van der Waals surface area contributed by atoms with E-state index in [0.29, 0.717) is 5.69 Å². The highest BCUT2D eigenvalue weighted by Crippen LogP contribution is 2.26. The highest BCUT2D eigenvalue weighted by atomic mass is 32.1. The SMILES string of the molecule is CC(Nc1ccc(C#N)c([N+](=O)[O-])c1)c1nccs1. The molecular weight excluding hydrogens is 264 g/mol. The van der Waals surface area contributed by atoms with Crippen LogP contribution in [0.4, 0.5) is 11.4 Å². The Kier molecular flexibility index (Phi) is 3.73. The van der Waals surface area contributed by atoms with Crippen molar-refractivity contribution in [2.45, 2.75) is 13.0 Å². The number of hydrogen-bond donors (Lipinski definition) is 1. The number of hydrogen-bond acceptors (Lipinski definition) is 6. The summed E-state index contributed by atoms with van der Waals surface area (Å²) >= 11 is 1.51. The first-order valence-electron chi connectivity index (χ1n) is 5.46. The van der Waals surface area contributed by atoms with E-state index in [4.69, 9.17) is 5.26 Å². The maximum absolute atomic E-state index is 10.9. The number of rotatable bonds is 4. The summed E-state index contributed by atoms with van der Waals surface area (Å²) in [6, 6.07) is 6.21. The largest absolute Gasteiger partial charge is 0.376 e. The van der Waals surface area contributed by atoms with Crippen molar-refractivity contribution in [1.29, 1.82) is 5.26 Å². The van der Waals surface area contributed by atoms with Crippen LogP contribution in [0, 0.1) is 21.4 Å². The fourth-order valence-electron chi connectivity index (χ4n) is 1.63. The standard InChI is InChI=1S/C12H10N4O2S/c1-8(12-14-4-5-19-12)15-10-3-2-9(7-13)11(6-10)16(17)18/h2-6,8,15H,1H3. The fourth-order valence-corrected chi connectivity index (χ4v) is 2.27. The molecule has 0 aliphatic carbocycles. The van der Waals surface area contributed by atoms with Gasteiger partial charge in [-0.1, -0.05) is 0 Å². The van der Waals surface area contributed by atoms with Crippen molar-refractivity contribution in [2.75, 3.05) is 5.32 Å². The molecule has 0 saturated carbocycles. The Hall–Kier alpha value is -2.46. The molecule has 0 aliphatic heterocycles. The Morgan fingerprint density at radius 3 is 2.95 bits per heavy atom. The van der Waals surface area contributed by atoms with Crippen molar-refractivity contribution in [2.24, 2.45) is 0 Å². The Bertz CT molecular complexity index is 634. The summed E-state index contributed by atoms with van der Waals surface area (Å²) < 4.78 is 0. The zero-order valence-electron chi connectivity index (χ0n) is 10.0. The number of thiazole rings is 1. The van der Waals surface area contributed by atoms with Crippen LogP contribution >= 0.6 is 11.3 Å². The molecule has 19 heavy (non-hydrogen) atoms. The summed E-state index contributed by atoms with van der Waals surface area (Å²) in [5, 5.41) is 25.6. The predicted octanol–water partition coefficient (Wildman–Crippen LogP) is 3.10. The van der Waals surface area contributed by atoms with Gasteiger partial charge in [0.25, 0.3) is 5.69 Å². The first-order chi connectivity index (χ1) is 9.11. The first-order valence-corrected chi connectivity index (χ1v) is 6.34. The minimum absolute atomic E-state index is 0.0486. The lowest BCUT2D eigenvalue weighted by atomic mass is 10.1. The van der Waals surface area contributed by atoms with Gasteiger partial charge in [-0.2, -0.15) is 5.26 Å². The second-order valence-corrected chi connectivity index (χ2v) is 4.76. The first kappa shape index (κ1) is 13.0. The molecule has 1 N–H and O–H groups in total. The number of benzene rings is 1. The van der Waals surface area contributed by atoms with Crippen molar-refractivity contribution in [1.82, 2.24) is 4.98 Å². The third-order valence-corrected chi connectivity index (χ3v) is 3.48. The highest BCUT2D eigenvalue weighted by molar-refractivity contribution is 7.09.